The van der Waals surface area contributed by atoms with Crippen LogP contribution < -0.4 is 4.72 Å². The zero-order chi connectivity index (χ0) is 21.8. The third kappa shape index (κ3) is 4.77. The third-order valence-electron chi connectivity index (χ3n) is 5.58. The molecule has 5 nitrogen and oxygen atoms in total. The van der Waals surface area contributed by atoms with Gasteiger partial charge in [0.1, 0.15) is 5.82 Å². The van der Waals surface area contributed by atoms with Gasteiger partial charge in [-0.2, -0.15) is 0 Å². The van der Waals surface area contributed by atoms with E-state index in [4.69, 9.17) is 0 Å². The number of likely N-dealkylation sites (tertiary alicyclic amines) is 1. The van der Waals surface area contributed by atoms with Crippen LogP contribution in [0.4, 0.5) is 10.1 Å². The molecular formula is C24H23FN2O3S. The Kier molecular flexibility index (Phi) is 6.04. The summed E-state index contributed by atoms with van der Waals surface area (Å²) < 4.78 is 41.0. The van der Waals surface area contributed by atoms with Crippen LogP contribution in [0.25, 0.3) is 0 Å². The first kappa shape index (κ1) is 21.1. The van der Waals surface area contributed by atoms with Crippen molar-refractivity contribution in [2.75, 3.05) is 17.8 Å². The van der Waals surface area contributed by atoms with Gasteiger partial charge in [0.05, 0.1) is 16.1 Å². The fourth-order valence-corrected chi connectivity index (χ4v) is 4.97. The summed E-state index contributed by atoms with van der Waals surface area (Å²) in [7, 11) is -3.95. The van der Waals surface area contributed by atoms with E-state index < -0.39 is 15.8 Å². The fourth-order valence-electron chi connectivity index (χ4n) is 3.89. The van der Waals surface area contributed by atoms with Crippen LogP contribution in [-0.2, 0) is 10.0 Å². The first-order valence-corrected chi connectivity index (χ1v) is 11.6. The van der Waals surface area contributed by atoms with Gasteiger partial charge in [0.25, 0.3) is 15.9 Å². The molecule has 160 valence electrons. The summed E-state index contributed by atoms with van der Waals surface area (Å²) in [6, 6.07) is 21.4. The lowest BCUT2D eigenvalue weighted by atomic mass is 9.89. The molecule has 1 amide bonds. The highest BCUT2D eigenvalue weighted by Crippen LogP contribution is 2.29. The number of carbonyl (C=O) groups is 1. The Labute approximate surface area is 181 Å². The summed E-state index contributed by atoms with van der Waals surface area (Å²) >= 11 is 0. The smallest absolute Gasteiger partial charge is 0.261 e. The number of nitrogens with one attached hydrogen (secondary N) is 1. The SMILES string of the molecule is O=C(c1ccccc1NS(=O)(=O)c1ccc(F)cc1)N1CCC(c2ccccc2)CC1. The van der Waals surface area contributed by atoms with E-state index in [9.17, 15) is 17.6 Å². The van der Waals surface area contributed by atoms with Crippen molar-refractivity contribution in [1.29, 1.82) is 0 Å². The normalized spacial score (nSPS) is 14.9. The molecule has 0 unspecified atom stereocenters. The average Bonchev–Trinajstić information content (AvgIpc) is 2.80. The van der Waals surface area contributed by atoms with Crippen LogP contribution >= 0.6 is 0 Å². The number of hydrogen-bond donors (Lipinski definition) is 1. The van der Waals surface area contributed by atoms with Gasteiger partial charge >= 0.3 is 0 Å². The molecule has 0 saturated carbocycles. The second kappa shape index (κ2) is 8.89. The van der Waals surface area contributed by atoms with Crippen molar-refractivity contribution >= 4 is 21.6 Å². The number of rotatable bonds is 5. The second-order valence-corrected chi connectivity index (χ2v) is 9.26. The summed E-state index contributed by atoms with van der Waals surface area (Å²) in [5, 5.41) is 0. The van der Waals surface area contributed by atoms with Crippen molar-refractivity contribution in [3.8, 4) is 0 Å². The van der Waals surface area contributed by atoms with Crippen molar-refractivity contribution in [2.24, 2.45) is 0 Å². The van der Waals surface area contributed by atoms with Crippen LogP contribution in [0, 0.1) is 5.82 Å². The summed E-state index contributed by atoms with van der Waals surface area (Å²) in [5.41, 5.74) is 1.79. The van der Waals surface area contributed by atoms with Gasteiger partial charge in [-0.1, -0.05) is 42.5 Å². The number of anilines is 1. The highest BCUT2D eigenvalue weighted by atomic mass is 32.2. The fraction of sp³-hybridized carbons (Fsp3) is 0.208. The third-order valence-corrected chi connectivity index (χ3v) is 6.96. The number of piperidine rings is 1. The number of para-hydroxylation sites is 1. The zero-order valence-electron chi connectivity index (χ0n) is 16.9. The maximum absolute atomic E-state index is 13.2. The lowest BCUT2D eigenvalue weighted by Gasteiger charge is -2.32. The molecule has 1 heterocycles. The molecule has 3 aromatic rings. The van der Waals surface area contributed by atoms with E-state index in [0.717, 1.165) is 25.0 Å². The Balaban J connectivity index is 1.49. The molecule has 1 aliphatic heterocycles. The van der Waals surface area contributed by atoms with Crippen molar-refractivity contribution in [3.05, 3.63) is 95.8 Å². The first-order valence-electron chi connectivity index (χ1n) is 10.2. The van der Waals surface area contributed by atoms with E-state index >= 15 is 0 Å². The van der Waals surface area contributed by atoms with Gasteiger partial charge in [-0.3, -0.25) is 9.52 Å². The zero-order valence-corrected chi connectivity index (χ0v) is 17.7. The lowest BCUT2D eigenvalue weighted by Crippen LogP contribution is -2.38. The Morgan fingerprint density at radius 3 is 2.16 bits per heavy atom. The van der Waals surface area contributed by atoms with Gasteiger partial charge in [0.15, 0.2) is 0 Å². The van der Waals surface area contributed by atoms with E-state index in [1.165, 1.54) is 17.7 Å². The van der Waals surface area contributed by atoms with Crippen LogP contribution in [0.5, 0.6) is 0 Å². The molecule has 0 aliphatic carbocycles. The minimum atomic E-state index is -3.95. The predicted octanol–water partition coefficient (Wildman–Crippen LogP) is 4.65. The van der Waals surface area contributed by atoms with Crippen LogP contribution in [0.15, 0.2) is 83.8 Å². The average molecular weight is 439 g/mol. The largest absolute Gasteiger partial charge is 0.339 e. The van der Waals surface area contributed by atoms with Gasteiger partial charge < -0.3 is 4.90 Å². The molecule has 0 radical (unpaired) electrons. The Hall–Kier alpha value is -3.19. The Morgan fingerprint density at radius 1 is 0.871 bits per heavy atom. The minimum absolute atomic E-state index is 0.0696. The van der Waals surface area contributed by atoms with Crippen molar-refractivity contribution in [1.82, 2.24) is 4.90 Å². The lowest BCUT2D eigenvalue weighted by molar-refractivity contribution is 0.0714. The summed E-state index contributed by atoms with van der Waals surface area (Å²) in [6.07, 6.45) is 1.72. The molecule has 0 bridgehead atoms. The maximum atomic E-state index is 13.2. The predicted molar refractivity (Wildman–Crippen MR) is 118 cm³/mol. The number of carbonyl (C=O) groups excluding carboxylic acids is 1. The monoisotopic (exact) mass is 438 g/mol. The van der Waals surface area contributed by atoms with Crippen molar-refractivity contribution in [2.45, 2.75) is 23.7 Å². The molecule has 1 N–H and O–H groups in total. The van der Waals surface area contributed by atoms with Crippen LogP contribution in [0.2, 0.25) is 0 Å². The maximum Gasteiger partial charge on any atom is 0.261 e. The molecule has 4 rings (SSSR count). The molecule has 1 fully saturated rings. The van der Waals surface area contributed by atoms with Crippen LogP contribution in [0.1, 0.15) is 34.7 Å². The quantitative estimate of drug-likeness (QED) is 0.631. The van der Waals surface area contributed by atoms with Crippen LogP contribution in [0.3, 0.4) is 0 Å². The van der Waals surface area contributed by atoms with E-state index in [0.29, 0.717) is 24.6 Å². The standard InChI is InChI=1S/C24H23FN2O3S/c25-20-10-12-21(13-11-20)31(29,30)26-23-9-5-4-8-22(23)24(28)27-16-14-19(15-17-27)18-6-2-1-3-7-18/h1-13,19,26H,14-17H2. The summed E-state index contributed by atoms with van der Waals surface area (Å²) in [4.78, 5) is 14.9. The number of amides is 1. The van der Waals surface area contributed by atoms with Crippen LogP contribution in [-0.4, -0.2) is 32.3 Å². The van der Waals surface area contributed by atoms with Gasteiger partial charge in [-0.15, -0.1) is 0 Å². The molecule has 1 aliphatic rings. The molecule has 1 saturated heterocycles. The number of benzene rings is 3. The molecule has 7 heteroatoms. The number of hydrogen-bond acceptors (Lipinski definition) is 3. The molecule has 0 spiro atoms. The Morgan fingerprint density at radius 2 is 1.48 bits per heavy atom. The minimum Gasteiger partial charge on any atom is -0.339 e. The van der Waals surface area contributed by atoms with Crippen molar-refractivity contribution < 1.29 is 17.6 Å². The summed E-state index contributed by atoms with van der Waals surface area (Å²) in [6.45, 7) is 1.22. The van der Waals surface area contributed by atoms with Gasteiger partial charge in [-0.25, -0.2) is 12.8 Å². The van der Waals surface area contributed by atoms with Gasteiger partial charge in [0.2, 0.25) is 0 Å². The van der Waals surface area contributed by atoms with Crippen molar-refractivity contribution in [3.63, 3.8) is 0 Å². The number of sulfonamides is 1. The van der Waals surface area contributed by atoms with Gasteiger partial charge in [0, 0.05) is 13.1 Å². The number of nitrogens with zero attached hydrogens (tertiary/aromatic N) is 1. The highest BCUT2D eigenvalue weighted by molar-refractivity contribution is 7.92. The number of halogens is 1. The topological polar surface area (TPSA) is 66.5 Å². The molecule has 3 aromatic carbocycles. The summed E-state index contributed by atoms with van der Waals surface area (Å²) in [5.74, 6) is -0.310. The highest BCUT2D eigenvalue weighted by Gasteiger charge is 2.26. The van der Waals surface area contributed by atoms with E-state index in [-0.39, 0.29) is 16.5 Å². The van der Waals surface area contributed by atoms with E-state index in [2.05, 4.69) is 16.9 Å². The van der Waals surface area contributed by atoms with E-state index in [1.807, 2.05) is 18.2 Å². The van der Waals surface area contributed by atoms with E-state index in [1.54, 1.807) is 29.2 Å². The first-order chi connectivity index (χ1) is 14.9. The van der Waals surface area contributed by atoms with Gasteiger partial charge in [-0.05, 0) is 60.7 Å². The molecule has 31 heavy (non-hydrogen) atoms. The Bertz CT molecular complexity index is 1160. The molecule has 0 atom stereocenters. The second-order valence-electron chi connectivity index (χ2n) is 7.58. The molecular weight excluding hydrogens is 415 g/mol. The molecule has 0 aromatic heterocycles.